The molecule has 2 rings (SSSR count). The van der Waals surface area contributed by atoms with Crippen LogP contribution in [0.1, 0.15) is 10.4 Å². The molecule has 0 amide bonds. The SMILES string of the molecule is CN(Cc1cncs1)Cc1ccccc1N. The third kappa shape index (κ3) is 2.81. The molecule has 0 saturated heterocycles. The Kier molecular flexibility index (Phi) is 3.54. The highest BCUT2D eigenvalue weighted by Gasteiger charge is 2.04. The summed E-state index contributed by atoms with van der Waals surface area (Å²) in [6.45, 7) is 1.78. The Balaban J connectivity index is 1.97. The maximum Gasteiger partial charge on any atom is 0.0794 e. The van der Waals surface area contributed by atoms with E-state index in [4.69, 9.17) is 5.73 Å². The number of nitrogens with two attached hydrogens (primary N) is 1. The summed E-state index contributed by atoms with van der Waals surface area (Å²) in [5.74, 6) is 0. The highest BCUT2D eigenvalue weighted by molar-refractivity contribution is 7.09. The van der Waals surface area contributed by atoms with Crippen molar-refractivity contribution in [3.63, 3.8) is 0 Å². The number of nitrogens with zero attached hydrogens (tertiary/aromatic N) is 2. The zero-order valence-corrected chi connectivity index (χ0v) is 10.1. The minimum atomic E-state index is 0.860. The minimum Gasteiger partial charge on any atom is -0.398 e. The second-order valence-corrected chi connectivity index (χ2v) is 4.81. The van der Waals surface area contributed by atoms with E-state index >= 15 is 0 Å². The fourth-order valence-electron chi connectivity index (χ4n) is 1.61. The largest absolute Gasteiger partial charge is 0.398 e. The standard InChI is InChI=1S/C12H15N3S/c1-15(8-11-6-14-9-16-11)7-10-4-2-3-5-12(10)13/h2-6,9H,7-8,13H2,1H3. The van der Waals surface area contributed by atoms with Crippen molar-refractivity contribution in [2.75, 3.05) is 12.8 Å². The lowest BCUT2D eigenvalue weighted by molar-refractivity contribution is 0.322. The lowest BCUT2D eigenvalue weighted by atomic mass is 10.2. The molecule has 2 aromatic rings. The van der Waals surface area contributed by atoms with E-state index in [2.05, 4.69) is 23.0 Å². The van der Waals surface area contributed by atoms with E-state index in [0.29, 0.717) is 0 Å². The van der Waals surface area contributed by atoms with Crippen LogP contribution in [0.5, 0.6) is 0 Å². The van der Waals surface area contributed by atoms with Crippen molar-refractivity contribution in [2.45, 2.75) is 13.1 Å². The molecule has 1 aromatic heterocycles. The first-order chi connectivity index (χ1) is 7.75. The summed E-state index contributed by atoms with van der Waals surface area (Å²) in [6, 6.07) is 7.99. The van der Waals surface area contributed by atoms with Crippen LogP contribution in [0.2, 0.25) is 0 Å². The molecular weight excluding hydrogens is 218 g/mol. The van der Waals surface area contributed by atoms with Crippen molar-refractivity contribution in [3.8, 4) is 0 Å². The van der Waals surface area contributed by atoms with Crippen molar-refractivity contribution in [2.24, 2.45) is 0 Å². The predicted molar refractivity (Wildman–Crippen MR) is 68.1 cm³/mol. The summed E-state index contributed by atoms with van der Waals surface area (Å²) >= 11 is 1.68. The van der Waals surface area contributed by atoms with E-state index in [-0.39, 0.29) is 0 Å². The average molecular weight is 233 g/mol. The van der Waals surface area contributed by atoms with Crippen LogP contribution in [0.3, 0.4) is 0 Å². The number of nitrogen functional groups attached to an aromatic ring is 1. The third-order valence-corrected chi connectivity index (χ3v) is 3.17. The molecule has 0 bridgehead atoms. The summed E-state index contributed by atoms with van der Waals surface area (Å²) in [5.41, 5.74) is 9.80. The molecule has 0 aliphatic heterocycles. The highest BCUT2D eigenvalue weighted by atomic mass is 32.1. The van der Waals surface area contributed by atoms with Crippen LogP contribution < -0.4 is 5.73 Å². The van der Waals surface area contributed by atoms with Crippen molar-refractivity contribution in [1.29, 1.82) is 0 Å². The second kappa shape index (κ2) is 5.09. The summed E-state index contributed by atoms with van der Waals surface area (Å²) < 4.78 is 0. The van der Waals surface area contributed by atoms with Crippen molar-refractivity contribution in [3.05, 3.63) is 46.4 Å². The lowest BCUT2D eigenvalue weighted by Crippen LogP contribution is -2.17. The molecule has 0 spiro atoms. The van der Waals surface area contributed by atoms with Crippen molar-refractivity contribution >= 4 is 17.0 Å². The number of anilines is 1. The van der Waals surface area contributed by atoms with Crippen LogP contribution in [0.4, 0.5) is 5.69 Å². The third-order valence-electron chi connectivity index (χ3n) is 2.40. The molecule has 0 aliphatic carbocycles. The predicted octanol–water partition coefficient (Wildman–Crippen LogP) is 2.36. The van der Waals surface area contributed by atoms with Gasteiger partial charge < -0.3 is 5.73 Å². The number of hydrogen-bond acceptors (Lipinski definition) is 4. The zero-order chi connectivity index (χ0) is 11.4. The van der Waals surface area contributed by atoms with E-state index in [9.17, 15) is 0 Å². The molecule has 16 heavy (non-hydrogen) atoms. The van der Waals surface area contributed by atoms with Crippen LogP contribution in [-0.2, 0) is 13.1 Å². The highest BCUT2D eigenvalue weighted by Crippen LogP contribution is 2.15. The number of rotatable bonds is 4. The zero-order valence-electron chi connectivity index (χ0n) is 9.26. The monoisotopic (exact) mass is 233 g/mol. The Labute approximate surface area is 99.5 Å². The summed E-state index contributed by atoms with van der Waals surface area (Å²) in [4.78, 5) is 7.58. The first-order valence-electron chi connectivity index (χ1n) is 5.15. The fourth-order valence-corrected chi connectivity index (χ4v) is 2.28. The van der Waals surface area contributed by atoms with Gasteiger partial charge in [0.15, 0.2) is 0 Å². The maximum absolute atomic E-state index is 5.91. The minimum absolute atomic E-state index is 0.860. The molecule has 3 nitrogen and oxygen atoms in total. The van der Waals surface area contributed by atoms with Crippen LogP contribution >= 0.6 is 11.3 Å². The van der Waals surface area contributed by atoms with Gasteiger partial charge in [0, 0.05) is 29.9 Å². The summed E-state index contributed by atoms with van der Waals surface area (Å²) in [6.07, 6.45) is 1.91. The Morgan fingerprint density at radius 1 is 1.31 bits per heavy atom. The van der Waals surface area contributed by atoms with Gasteiger partial charge in [-0.1, -0.05) is 18.2 Å². The molecule has 1 heterocycles. The van der Waals surface area contributed by atoms with E-state index in [1.54, 1.807) is 11.3 Å². The first-order valence-corrected chi connectivity index (χ1v) is 6.03. The van der Waals surface area contributed by atoms with Crippen LogP contribution in [0, 0.1) is 0 Å². The number of thiazole rings is 1. The Hall–Kier alpha value is -1.39. The van der Waals surface area contributed by atoms with E-state index in [0.717, 1.165) is 18.8 Å². The van der Waals surface area contributed by atoms with Gasteiger partial charge in [-0.15, -0.1) is 11.3 Å². The molecule has 0 fully saturated rings. The average Bonchev–Trinajstić information content (AvgIpc) is 2.74. The van der Waals surface area contributed by atoms with Crippen LogP contribution in [0.15, 0.2) is 36.0 Å². The van der Waals surface area contributed by atoms with E-state index < -0.39 is 0 Å². The van der Waals surface area contributed by atoms with E-state index in [1.165, 1.54) is 10.4 Å². The van der Waals surface area contributed by atoms with Crippen LogP contribution in [-0.4, -0.2) is 16.9 Å². The molecule has 0 unspecified atom stereocenters. The van der Waals surface area contributed by atoms with Gasteiger partial charge >= 0.3 is 0 Å². The number of para-hydroxylation sites is 1. The van der Waals surface area contributed by atoms with Crippen molar-refractivity contribution < 1.29 is 0 Å². The van der Waals surface area contributed by atoms with Gasteiger partial charge in [0.25, 0.3) is 0 Å². The van der Waals surface area contributed by atoms with Gasteiger partial charge in [-0.2, -0.15) is 0 Å². The maximum atomic E-state index is 5.91. The van der Waals surface area contributed by atoms with Gasteiger partial charge in [-0.05, 0) is 18.7 Å². The molecule has 0 saturated carbocycles. The van der Waals surface area contributed by atoms with Gasteiger partial charge in [-0.25, -0.2) is 0 Å². The van der Waals surface area contributed by atoms with Gasteiger partial charge in [0.05, 0.1) is 5.51 Å². The van der Waals surface area contributed by atoms with Gasteiger partial charge in [0.2, 0.25) is 0 Å². The molecular formula is C12H15N3S. The first kappa shape index (κ1) is 11.1. The van der Waals surface area contributed by atoms with Crippen LogP contribution in [0.25, 0.3) is 0 Å². The van der Waals surface area contributed by atoms with Crippen molar-refractivity contribution in [1.82, 2.24) is 9.88 Å². The number of aromatic nitrogens is 1. The molecule has 84 valence electrons. The fraction of sp³-hybridized carbons (Fsp3) is 0.250. The summed E-state index contributed by atoms with van der Waals surface area (Å²) in [7, 11) is 2.09. The topological polar surface area (TPSA) is 42.2 Å². The lowest BCUT2D eigenvalue weighted by Gasteiger charge is -2.16. The Morgan fingerprint density at radius 3 is 2.81 bits per heavy atom. The Morgan fingerprint density at radius 2 is 2.12 bits per heavy atom. The molecule has 0 radical (unpaired) electrons. The molecule has 4 heteroatoms. The number of benzene rings is 1. The van der Waals surface area contributed by atoms with E-state index in [1.807, 2.05) is 29.9 Å². The number of hydrogen-bond donors (Lipinski definition) is 1. The smallest absolute Gasteiger partial charge is 0.0794 e. The molecule has 0 aliphatic rings. The Bertz CT molecular complexity index is 439. The summed E-state index contributed by atoms with van der Waals surface area (Å²) in [5, 5.41) is 0. The normalized spacial score (nSPS) is 10.9. The molecule has 1 aromatic carbocycles. The van der Waals surface area contributed by atoms with Gasteiger partial charge in [0.1, 0.15) is 0 Å². The molecule has 0 atom stereocenters. The van der Waals surface area contributed by atoms with Gasteiger partial charge in [-0.3, -0.25) is 9.88 Å². The quantitative estimate of drug-likeness (QED) is 0.824. The molecule has 2 N–H and O–H groups in total. The second-order valence-electron chi connectivity index (χ2n) is 3.84.